The first-order valence-electron chi connectivity index (χ1n) is 7.80. The maximum Gasteiger partial charge on any atom is 0.119 e. The highest BCUT2D eigenvalue weighted by Gasteiger charge is 2.00. The van der Waals surface area contributed by atoms with Crippen LogP contribution in [0.3, 0.4) is 0 Å². The van der Waals surface area contributed by atoms with E-state index in [1.807, 2.05) is 19.1 Å². The smallest absolute Gasteiger partial charge is 0.119 e. The Kier molecular flexibility index (Phi) is 5.82. The van der Waals surface area contributed by atoms with Gasteiger partial charge in [-0.05, 0) is 42.2 Å². The second-order valence-electron chi connectivity index (χ2n) is 5.71. The molecule has 0 saturated carbocycles. The molecule has 0 aliphatic carbocycles. The summed E-state index contributed by atoms with van der Waals surface area (Å²) < 4.78 is 5.48. The van der Waals surface area contributed by atoms with Gasteiger partial charge < -0.3 is 9.64 Å². The van der Waals surface area contributed by atoms with Crippen LogP contribution in [0.2, 0.25) is 0 Å². The maximum atomic E-state index is 5.48. The Morgan fingerprint density at radius 1 is 0.857 bits per heavy atom. The first kappa shape index (κ1) is 15.6. The van der Waals surface area contributed by atoms with Crippen molar-refractivity contribution in [2.24, 2.45) is 0 Å². The van der Waals surface area contributed by atoms with Gasteiger partial charge in [0.25, 0.3) is 0 Å². The van der Waals surface area contributed by atoms with Crippen molar-refractivity contribution in [2.75, 3.05) is 27.2 Å². The number of rotatable bonds is 7. The molecule has 0 aromatic heterocycles. The van der Waals surface area contributed by atoms with Crippen LogP contribution in [-0.4, -0.2) is 27.2 Å². The lowest BCUT2D eigenvalue weighted by atomic mass is 10.0. The molecule has 2 heteroatoms. The Morgan fingerprint density at radius 3 is 1.95 bits per heavy atom. The van der Waals surface area contributed by atoms with Gasteiger partial charge in [-0.1, -0.05) is 36.4 Å². The Balaban J connectivity index is 1.97. The third-order valence-electron chi connectivity index (χ3n) is 3.59. The Bertz CT molecular complexity index is 528. The lowest BCUT2D eigenvalue weighted by Gasteiger charge is -2.08. The van der Waals surface area contributed by atoms with Gasteiger partial charge in [-0.25, -0.2) is 0 Å². The summed E-state index contributed by atoms with van der Waals surface area (Å²) in [5, 5.41) is 0. The zero-order valence-corrected chi connectivity index (χ0v) is 13.4. The van der Waals surface area contributed by atoms with Crippen LogP contribution in [0, 0.1) is 0 Å². The quantitative estimate of drug-likeness (QED) is 0.825. The van der Waals surface area contributed by atoms with E-state index in [0.29, 0.717) is 6.61 Å². The lowest BCUT2D eigenvalue weighted by molar-refractivity contribution is -0.858. The molecule has 0 aliphatic rings. The first-order valence-corrected chi connectivity index (χ1v) is 7.80. The molecule has 0 aliphatic heterocycles. The zero-order valence-electron chi connectivity index (χ0n) is 13.4. The zero-order chi connectivity index (χ0) is 15.1. The standard InChI is InChI=1S/C19H25NO/c1-4-21-19-13-11-18(12-14-19)17-9-7-16(8-10-17)6-5-15-20(2)3/h7-14H,4-6,15H2,1-3H3/p+1. The van der Waals surface area contributed by atoms with E-state index in [0.717, 1.165) is 12.2 Å². The maximum absolute atomic E-state index is 5.48. The van der Waals surface area contributed by atoms with Gasteiger partial charge in [-0.15, -0.1) is 0 Å². The Hall–Kier alpha value is -1.80. The molecule has 112 valence electrons. The molecule has 21 heavy (non-hydrogen) atoms. The highest BCUT2D eigenvalue weighted by atomic mass is 16.5. The van der Waals surface area contributed by atoms with Crippen LogP contribution in [-0.2, 0) is 6.42 Å². The van der Waals surface area contributed by atoms with E-state index >= 15 is 0 Å². The average molecular weight is 284 g/mol. The fraction of sp³-hybridized carbons (Fsp3) is 0.368. The topological polar surface area (TPSA) is 13.7 Å². The normalized spacial score (nSPS) is 10.9. The molecule has 2 rings (SSSR count). The number of nitrogens with one attached hydrogen (secondary N) is 1. The van der Waals surface area contributed by atoms with Crippen molar-refractivity contribution < 1.29 is 9.64 Å². The van der Waals surface area contributed by atoms with Gasteiger partial charge in [0.15, 0.2) is 0 Å². The molecule has 0 heterocycles. The van der Waals surface area contributed by atoms with E-state index in [-0.39, 0.29) is 0 Å². The Labute approximate surface area is 128 Å². The summed E-state index contributed by atoms with van der Waals surface area (Å²) in [5.74, 6) is 0.934. The van der Waals surface area contributed by atoms with E-state index in [1.165, 1.54) is 34.6 Å². The second-order valence-corrected chi connectivity index (χ2v) is 5.71. The van der Waals surface area contributed by atoms with Crippen molar-refractivity contribution in [3.8, 4) is 16.9 Å². The van der Waals surface area contributed by atoms with Crippen molar-refractivity contribution in [1.82, 2.24) is 0 Å². The van der Waals surface area contributed by atoms with E-state index in [2.05, 4.69) is 50.5 Å². The van der Waals surface area contributed by atoms with Crippen LogP contribution < -0.4 is 9.64 Å². The Morgan fingerprint density at radius 2 is 1.43 bits per heavy atom. The minimum Gasteiger partial charge on any atom is -0.494 e. The highest BCUT2D eigenvalue weighted by molar-refractivity contribution is 5.64. The monoisotopic (exact) mass is 284 g/mol. The highest BCUT2D eigenvalue weighted by Crippen LogP contribution is 2.23. The predicted molar refractivity (Wildman–Crippen MR) is 89.0 cm³/mol. The van der Waals surface area contributed by atoms with Gasteiger partial charge in [0.2, 0.25) is 0 Å². The summed E-state index contributed by atoms with van der Waals surface area (Å²) in [6, 6.07) is 17.2. The van der Waals surface area contributed by atoms with Crippen LogP contribution in [0.5, 0.6) is 5.75 Å². The number of benzene rings is 2. The van der Waals surface area contributed by atoms with Crippen molar-refractivity contribution in [3.05, 3.63) is 54.1 Å². The third-order valence-corrected chi connectivity index (χ3v) is 3.59. The molecule has 0 atom stereocenters. The van der Waals surface area contributed by atoms with Gasteiger partial charge in [0, 0.05) is 6.42 Å². The molecule has 0 radical (unpaired) electrons. The molecule has 0 unspecified atom stereocenters. The van der Waals surface area contributed by atoms with Crippen molar-refractivity contribution in [1.29, 1.82) is 0 Å². The van der Waals surface area contributed by atoms with E-state index in [4.69, 9.17) is 4.74 Å². The van der Waals surface area contributed by atoms with Crippen LogP contribution in [0.1, 0.15) is 18.9 Å². The molecule has 0 spiro atoms. The summed E-state index contributed by atoms with van der Waals surface area (Å²) in [6.45, 7) is 3.94. The van der Waals surface area contributed by atoms with Crippen molar-refractivity contribution >= 4 is 0 Å². The van der Waals surface area contributed by atoms with Crippen LogP contribution in [0.15, 0.2) is 48.5 Å². The molecule has 2 aromatic rings. The van der Waals surface area contributed by atoms with E-state index < -0.39 is 0 Å². The average Bonchev–Trinajstić information content (AvgIpc) is 2.49. The van der Waals surface area contributed by atoms with E-state index in [9.17, 15) is 0 Å². The molecular weight excluding hydrogens is 258 g/mol. The van der Waals surface area contributed by atoms with Gasteiger partial charge in [-0.2, -0.15) is 0 Å². The molecule has 1 N–H and O–H groups in total. The van der Waals surface area contributed by atoms with Gasteiger partial charge in [0.1, 0.15) is 5.75 Å². The molecule has 2 nitrogen and oxygen atoms in total. The number of hydrogen-bond acceptors (Lipinski definition) is 1. The fourth-order valence-corrected chi connectivity index (χ4v) is 2.42. The van der Waals surface area contributed by atoms with Gasteiger partial charge >= 0.3 is 0 Å². The number of hydrogen-bond donors (Lipinski definition) is 1. The van der Waals surface area contributed by atoms with Crippen LogP contribution in [0.25, 0.3) is 11.1 Å². The molecular formula is C19H26NO+. The first-order chi connectivity index (χ1) is 10.2. The minimum absolute atomic E-state index is 0.711. The summed E-state index contributed by atoms with van der Waals surface area (Å²) in [4.78, 5) is 1.51. The second kappa shape index (κ2) is 7.84. The van der Waals surface area contributed by atoms with Crippen LogP contribution >= 0.6 is 0 Å². The predicted octanol–water partition coefficient (Wildman–Crippen LogP) is 2.83. The SMILES string of the molecule is CCOc1ccc(-c2ccc(CCC[NH+](C)C)cc2)cc1. The van der Waals surface area contributed by atoms with Gasteiger partial charge in [-0.3, -0.25) is 0 Å². The molecule has 0 bridgehead atoms. The number of ether oxygens (including phenoxy) is 1. The minimum atomic E-state index is 0.711. The number of aryl methyl sites for hydroxylation is 1. The van der Waals surface area contributed by atoms with Gasteiger partial charge in [0.05, 0.1) is 27.2 Å². The number of quaternary nitrogens is 1. The summed E-state index contributed by atoms with van der Waals surface area (Å²) >= 11 is 0. The van der Waals surface area contributed by atoms with Crippen molar-refractivity contribution in [3.63, 3.8) is 0 Å². The van der Waals surface area contributed by atoms with Crippen LogP contribution in [0.4, 0.5) is 0 Å². The lowest BCUT2D eigenvalue weighted by Crippen LogP contribution is -3.05. The third kappa shape index (κ3) is 4.91. The largest absolute Gasteiger partial charge is 0.494 e. The van der Waals surface area contributed by atoms with Crippen molar-refractivity contribution in [2.45, 2.75) is 19.8 Å². The summed E-state index contributed by atoms with van der Waals surface area (Å²) in [7, 11) is 4.41. The summed E-state index contributed by atoms with van der Waals surface area (Å²) in [5.41, 5.74) is 3.92. The van der Waals surface area contributed by atoms with E-state index in [1.54, 1.807) is 0 Å². The molecule has 0 fully saturated rings. The molecule has 2 aromatic carbocycles. The molecule has 0 saturated heterocycles. The molecule has 0 amide bonds. The summed E-state index contributed by atoms with van der Waals surface area (Å²) in [6.07, 6.45) is 2.40. The fourth-order valence-electron chi connectivity index (χ4n) is 2.42.